The van der Waals surface area contributed by atoms with Gasteiger partial charge in [-0.3, -0.25) is 0 Å². The first-order valence-corrected chi connectivity index (χ1v) is 6.33. The van der Waals surface area contributed by atoms with Crippen LogP contribution in [0.1, 0.15) is 22.3 Å². The maximum absolute atomic E-state index is 10.8. The average Bonchev–Trinajstić information content (AvgIpc) is 2.46. The van der Waals surface area contributed by atoms with Crippen molar-refractivity contribution in [3.8, 4) is 11.1 Å². The molecule has 0 unspecified atom stereocenters. The topological polar surface area (TPSA) is 63.3 Å². The molecule has 0 bridgehead atoms. The lowest BCUT2D eigenvalue weighted by molar-refractivity contribution is 0.0697. The van der Waals surface area contributed by atoms with E-state index < -0.39 is 5.97 Å². The van der Waals surface area contributed by atoms with E-state index in [1.807, 2.05) is 12.1 Å². The second-order valence-corrected chi connectivity index (χ2v) is 4.47. The lowest BCUT2D eigenvalue weighted by Crippen LogP contribution is -2.00. The summed E-state index contributed by atoms with van der Waals surface area (Å²) in [6.07, 6.45) is 1.99. The van der Waals surface area contributed by atoms with Crippen LogP contribution < -0.4 is 5.73 Å². The van der Waals surface area contributed by atoms with Gasteiger partial charge < -0.3 is 10.8 Å². The number of carbonyl (C=O) groups is 1. The highest BCUT2D eigenvalue weighted by Gasteiger charge is 2.03. The molecule has 3 heteroatoms. The molecule has 2 aromatic carbocycles. The van der Waals surface area contributed by atoms with E-state index in [-0.39, 0.29) is 0 Å². The Kier molecular flexibility index (Phi) is 4.31. The van der Waals surface area contributed by atoms with Gasteiger partial charge in [-0.05, 0) is 48.2 Å². The summed E-state index contributed by atoms with van der Waals surface area (Å²) in [5.74, 6) is -0.899. The van der Waals surface area contributed by atoms with Gasteiger partial charge in [-0.2, -0.15) is 0 Å². The highest BCUT2D eigenvalue weighted by molar-refractivity contribution is 5.88. The van der Waals surface area contributed by atoms with Crippen molar-refractivity contribution in [3.63, 3.8) is 0 Å². The third-order valence-electron chi connectivity index (χ3n) is 3.09. The standard InChI is InChI=1S/C16H17NO2/c17-11-1-2-12-3-5-13(6-4-12)14-7-9-15(10-8-14)16(18)19/h3-10H,1-2,11,17H2,(H,18,19). The highest BCUT2D eigenvalue weighted by atomic mass is 16.4. The van der Waals surface area contributed by atoms with Gasteiger partial charge in [0, 0.05) is 0 Å². The van der Waals surface area contributed by atoms with Crippen LogP contribution in [0, 0.1) is 0 Å². The monoisotopic (exact) mass is 255 g/mol. The Balaban J connectivity index is 2.15. The van der Waals surface area contributed by atoms with Crippen molar-refractivity contribution in [2.24, 2.45) is 5.73 Å². The number of aryl methyl sites for hydroxylation is 1. The van der Waals surface area contributed by atoms with Gasteiger partial charge in [0.15, 0.2) is 0 Å². The van der Waals surface area contributed by atoms with E-state index in [0.29, 0.717) is 12.1 Å². The number of hydrogen-bond acceptors (Lipinski definition) is 2. The molecule has 0 radical (unpaired) electrons. The normalized spacial score (nSPS) is 10.4. The molecule has 0 aliphatic carbocycles. The first-order chi connectivity index (χ1) is 9.20. The number of carboxylic acid groups (broad SMARTS) is 1. The summed E-state index contributed by atoms with van der Waals surface area (Å²) in [6, 6.07) is 15.2. The summed E-state index contributed by atoms with van der Waals surface area (Å²) in [5.41, 5.74) is 9.19. The number of benzene rings is 2. The Hall–Kier alpha value is -2.13. The molecule has 0 fully saturated rings. The minimum Gasteiger partial charge on any atom is -0.478 e. The minimum absolute atomic E-state index is 0.309. The smallest absolute Gasteiger partial charge is 0.335 e. The molecule has 98 valence electrons. The molecule has 0 aromatic heterocycles. The van der Waals surface area contributed by atoms with Crippen LogP contribution in [0.5, 0.6) is 0 Å². The van der Waals surface area contributed by atoms with Crippen LogP contribution >= 0.6 is 0 Å². The second-order valence-electron chi connectivity index (χ2n) is 4.47. The van der Waals surface area contributed by atoms with E-state index in [2.05, 4.69) is 24.3 Å². The highest BCUT2D eigenvalue weighted by Crippen LogP contribution is 2.20. The fourth-order valence-electron chi connectivity index (χ4n) is 1.98. The molecule has 0 atom stereocenters. The lowest BCUT2D eigenvalue weighted by atomic mass is 10.0. The number of carboxylic acids is 1. The van der Waals surface area contributed by atoms with Gasteiger partial charge in [0.1, 0.15) is 0 Å². The van der Waals surface area contributed by atoms with Crippen molar-refractivity contribution in [3.05, 3.63) is 59.7 Å². The van der Waals surface area contributed by atoms with Crippen molar-refractivity contribution >= 4 is 5.97 Å². The van der Waals surface area contributed by atoms with Crippen molar-refractivity contribution in [1.29, 1.82) is 0 Å². The molecule has 3 N–H and O–H groups in total. The summed E-state index contributed by atoms with van der Waals surface area (Å²) >= 11 is 0. The van der Waals surface area contributed by atoms with E-state index in [1.165, 1.54) is 5.56 Å². The quantitative estimate of drug-likeness (QED) is 0.863. The zero-order valence-electron chi connectivity index (χ0n) is 10.7. The Morgan fingerprint density at radius 3 is 1.95 bits per heavy atom. The van der Waals surface area contributed by atoms with Gasteiger partial charge in [0.05, 0.1) is 5.56 Å². The predicted octanol–water partition coefficient (Wildman–Crippen LogP) is 2.94. The largest absolute Gasteiger partial charge is 0.478 e. The number of aromatic carboxylic acids is 1. The molecule has 2 aromatic rings. The van der Waals surface area contributed by atoms with Crippen LogP contribution in [0.4, 0.5) is 0 Å². The van der Waals surface area contributed by atoms with Crippen LogP contribution in [-0.2, 0) is 6.42 Å². The molecular formula is C16H17NO2. The van der Waals surface area contributed by atoms with E-state index in [1.54, 1.807) is 12.1 Å². The van der Waals surface area contributed by atoms with E-state index in [4.69, 9.17) is 10.8 Å². The summed E-state index contributed by atoms with van der Waals surface area (Å²) in [5, 5.41) is 8.85. The van der Waals surface area contributed by atoms with Crippen molar-refractivity contribution in [2.45, 2.75) is 12.8 Å². The molecule has 0 aliphatic heterocycles. The molecule has 0 saturated heterocycles. The van der Waals surface area contributed by atoms with Gasteiger partial charge in [-0.25, -0.2) is 4.79 Å². The molecule has 19 heavy (non-hydrogen) atoms. The van der Waals surface area contributed by atoms with Crippen molar-refractivity contribution < 1.29 is 9.90 Å². The fraction of sp³-hybridized carbons (Fsp3) is 0.188. The SMILES string of the molecule is NCCCc1ccc(-c2ccc(C(=O)O)cc2)cc1. The summed E-state index contributed by atoms with van der Waals surface area (Å²) in [4.78, 5) is 10.8. The molecule has 0 saturated carbocycles. The lowest BCUT2D eigenvalue weighted by Gasteiger charge is -2.05. The molecular weight excluding hydrogens is 238 g/mol. The maximum atomic E-state index is 10.8. The first-order valence-electron chi connectivity index (χ1n) is 6.33. The summed E-state index contributed by atoms with van der Waals surface area (Å²) in [6.45, 7) is 0.707. The Labute approximate surface area is 112 Å². The average molecular weight is 255 g/mol. The second kappa shape index (κ2) is 6.16. The Morgan fingerprint density at radius 1 is 0.947 bits per heavy atom. The van der Waals surface area contributed by atoms with Crippen LogP contribution in [-0.4, -0.2) is 17.6 Å². The molecule has 2 rings (SSSR count). The number of nitrogens with two attached hydrogens (primary N) is 1. The third kappa shape index (κ3) is 3.42. The first kappa shape index (κ1) is 13.3. The number of rotatable bonds is 5. The van der Waals surface area contributed by atoms with Gasteiger partial charge in [0.25, 0.3) is 0 Å². The molecule has 3 nitrogen and oxygen atoms in total. The van der Waals surface area contributed by atoms with E-state index >= 15 is 0 Å². The van der Waals surface area contributed by atoms with Crippen molar-refractivity contribution in [1.82, 2.24) is 0 Å². The zero-order valence-corrected chi connectivity index (χ0v) is 10.7. The zero-order chi connectivity index (χ0) is 13.7. The van der Waals surface area contributed by atoms with Gasteiger partial charge in [-0.1, -0.05) is 36.4 Å². The van der Waals surface area contributed by atoms with Gasteiger partial charge in [-0.15, -0.1) is 0 Å². The molecule has 0 spiro atoms. The Morgan fingerprint density at radius 2 is 1.47 bits per heavy atom. The van der Waals surface area contributed by atoms with Crippen LogP contribution in [0.25, 0.3) is 11.1 Å². The van der Waals surface area contributed by atoms with Crippen LogP contribution in [0.2, 0.25) is 0 Å². The molecule has 0 amide bonds. The minimum atomic E-state index is -0.899. The van der Waals surface area contributed by atoms with Crippen molar-refractivity contribution in [2.75, 3.05) is 6.54 Å². The van der Waals surface area contributed by atoms with Gasteiger partial charge >= 0.3 is 5.97 Å². The Bertz CT molecular complexity index is 544. The van der Waals surface area contributed by atoms with Crippen LogP contribution in [0.3, 0.4) is 0 Å². The van der Waals surface area contributed by atoms with Crippen LogP contribution in [0.15, 0.2) is 48.5 Å². The third-order valence-corrected chi connectivity index (χ3v) is 3.09. The predicted molar refractivity (Wildman–Crippen MR) is 76.2 cm³/mol. The maximum Gasteiger partial charge on any atom is 0.335 e. The molecule has 0 heterocycles. The fourth-order valence-corrected chi connectivity index (χ4v) is 1.98. The number of hydrogen-bond donors (Lipinski definition) is 2. The molecule has 0 aliphatic rings. The van der Waals surface area contributed by atoms with E-state index in [0.717, 1.165) is 24.0 Å². The van der Waals surface area contributed by atoms with E-state index in [9.17, 15) is 4.79 Å². The summed E-state index contributed by atoms with van der Waals surface area (Å²) in [7, 11) is 0. The summed E-state index contributed by atoms with van der Waals surface area (Å²) < 4.78 is 0. The van der Waals surface area contributed by atoms with Gasteiger partial charge in [0.2, 0.25) is 0 Å².